The van der Waals surface area contributed by atoms with Crippen molar-refractivity contribution in [1.82, 2.24) is 15.3 Å². The van der Waals surface area contributed by atoms with Gasteiger partial charge in [0.1, 0.15) is 5.82 Å². The van der Waals surface area contributed by atoms with Crippen LogP contribution < -0.4 is 10.2 Å². The van der Waals surface area contributed by atoms with Crippen LogP contribution in [0.15, 0.2) is 6.07 Å². The lowest BCUT2D eigenvalue weighted by Gasteiger charge is -2.32. The lowest BCUT2D eigenvalue weighted by molar-refractivity contribution is 0.0586. The number of nitrogens with zero attached hydrogens (tertiary/aromatic N) is 3. The van der Waals surface area contributed by atoms with Crippen molar-refractivity contribution in [2.75, 3.05) is 31.6 Å². The SMILES string of the molecule is COC(=O)c1nc(C)cc(N2CCN[C@H](C)C2)n1. The van der Waals surface area contributed by atoms with Gasteiger partial charge in [-0.2, -0.15) is 0 Å². The predicted molar refractivity (Wildman–Crippen MR) is 67.8 cm³/mol. The van der Waals surface area contributed by atoms with Crippen molar-refractivity contribution in [3.05, 3.63) is 17.6 Å². The minimum Gasteiger partial charge on any atom is -0.463 e. The zero-order chi connectivity index (χ0) is 13.1. The number of aromatic nitrogens is 2. The quantitative estimate of drug-likeness (QED) is 0.765. The summed E-state index contributed by atoms with van der Waals surface area (Å²) in [6.45, 7) is 6.64. The maximum Gasteiger partial charge on any atom is 0.376 e. The van der Waals surface area contributed by atoms with Crippen LogP contribution in [0.25, 0.3) is 0 Å². The Kier molecular flexibility index (Phi) is 3.76. The molecule has 1 saturated heterocycles. The Hall–Kier alpha value is -1.69. The minimum absolute atomic E-state index is 0.124. The van der Waals surface area contributed by atoms with Crippen LogP contribution in [0.2, 0.25) is 0 Å². The van der Waals surface area contributed by atoms with Gasteiger partial charge in [0, 0.05) is 37.4 Å². The fourth-order valence-electron chi connectivity index (χ4n) is 2.04. The monoisotopic (exact) mass is 250 g/mol. The summed E-state index contributed by atoms with van der Waals surface area (Å²) < 4.78 is 4.66. The summed E-state index contributed by atoms with van der Waals surface area (Å²) in [5.74, 6) is 0.415. The number of anilines is 1. The van der Waals surface area contributed by atoms with Crippen LogP contribution in [0.4, 0.5) is 5.82 Å². The molecule has 0 spiro atoms. The number of nitrogens with one attached hydrogen (secondary N) is 1. The first-order valence-corrected chi connectivity index (χ1v) is 6.02. The topological polar surface area (TPSA) is 67.3 Å². The van der Waals surface area contributed by atoms with E-state index in [-0.39, 0.29) is 5.82 Å². The van der Waals surface area contributed by atoms with Gasteiger partial charge in [0.2, 0.25) is 5.82 Å². The van der Waals surface area contributed by atoms with Crippen molar-refractivity contribution in [3.8, 4) is 0 Å². The molecule has 1 atom stereocenters. The first kappa shape index (κ1) is 12.8. The van der Waals surface area contributed by atoms with E-state index in [1.165, 1.54) is 7.11 Å². The highest BCUT2D eigenvalue weighted by Gasteiger charge is 2.19. The van der Waals surface area contributed by atoms with Crippen LogP contribution in [-0.2, 0) is 4.74 Å². The summed E-state index contributed by atoms with van der Waals surface area (Å²) >= 11 is 0. The van der Waals surface area contributed by atoms with Gasteiger partial charge in [-0.15, -0.1) is 0 Å². The van der Waals surface area contributed by atoms with E-state index in [2.05, 4.69) is 31.8 Å². The van der Waals surface area contributed by atoms with Crippen LogP contribution in [0.5, 0.6) is 0 Å². The molecule has 2 rings (SSSR count). The molecule has 1 fully saturated rings. The molecule has 98 valence electrons. The zero-order valence-electron chi connectivity index (χ0n) is 10.9. The van der Waals surface area contributed by atoms with Gasteiger partial charge < -0.3 is 15.0 Å². The number of carbonyl (C=O) groups is 1. The highest BCUT2D eigenvalue weighted by Crippen LogP contribution is 2.15. The molecule has 0 saturated carbocycles. The number of carbonyl (C=O) groups excluding carboxylic acids is 1. The van der Waals surface area contributed by atoms with Gasteiger partial charge in [-0.3, -0.25) is 0 Å². The second-order valence-corrected chi connectivity index (χ2v) is 4.48. The third-order valence-electron chi connectivity index (χ3n) is 2.90. The van der Waals surface area contributed by atoms with Gasteiger partial charge >= 0.3 is 5.97 Å². The van der Waals surface area contributed by atoms with Crippen LogP contribution >= 0.6 is 0 Å². The second-order valence-electron chi connectivity index (χ2n) is 4.48. The lowest BCUT2D eigenvalue weighted by atomic mass is 10.2. The van der Waals surface area contributed by atoms with E-state index in [9.17, 15) is 4.79 Å². The molecule has 1 aromatic rings. The van der Waals surface area contributed by atoms with Crippen molar-refractivity contribution in [3.63, 3.8) is 0 Å². The van der Waals surface area contributed by atoms with Crippen LogP contribution in [0.3, 0.4) is 0 Å². The van der Waals surface area contributed by atoms with E-state index < -0.39 is 5.97 Å². The Morgan fingerprint density at radius 1 is 1.56 bits per heavy atom. The number of hydrogen-bond acceptors (Lipinski definition) is 6. The van der Waals surface area contributed by atoms with Crippen molar-refractivity contribution in [2.45, 2.75) is 19.9 Å². The molecule has 6 heteroatoms. The van der Waals surface area contributed by atoms with E-state index in [0.29, 0.717) is 6.04 Å². The molecule has 1 aromatic heterocycles. The number of rotatable bonds is 2. The third kappa shape index (κ3) is 2.76. The van der Waals surface area contributed by atoms with Gasteiger partial charge in [0.05, 0.1) is 7.11 Å². The Bertz CT molecular complexity index is 450. The second kappa shape index (κ2) is 5.30. The summed E-state index contributed by atoms with van der Waals surface area (Å²) in [6, 6.07) is 2.31. The number of esters is 1. The van der Waals surface area contributed by atoms with Gasteiger partial charge in [0.15, 0.2) is 0 Å². The predicted octanol–water partition coefficient (Wildman–Crippen LogP) is 0.370. The largest absolute Gasteiger partial charge is 0.463 e. The standard InChI is InChI=1S/C12H18N4O2/c1-8-6-10(15-11(14-8)12(17)18-3)16-5-4-13-9(2)7-16/h6,9,13H,4-5,7H2,1-3H3/t9-/m1/s1. The maximum absolute atomic E-state index is 11.5. The number of methoxy groups -OCH3 is 1. The van der Waals surface area contributed by atoms with Crippen molar-refractivity contribution in [1.29, 1.82) is 0 Å². The molecule has 0 aliphatic carbocycles. The highest BCUT2D eigenvalue weighted by molar-refractivity contribution is 5.85. The molecule has 2 heterocycles. The summed E-state index contributed by atoms with van der Waals surface area (Å²) in [5.41, 5.74) is 0.770. The smallest absolute Gasteiger partial charge is 0.376 e. The molecule has 0 aromatic carbocycles. The Labute approximate surface area is 106 Å². The van der Waals surface area contributed by atoms with E-state index in [1.807, 2.05) is 13.0 Å². The molecule has 0 amide bonds. The fourth-order valence-corrected chi connectivity index (χ4v) is 2.04. The van der Waals surface area contributed by atoms with E-state index >= 15 is 0 Å². The molecular formula is C12H18N4O2. The number of hydrogen-bond donors (Lipinski definition) is 1. The first-order chi connectivity index (χ1) is 8.60. The van der Waals surface area contributed by atoms with Crippen molar-refractivity contribution >= 4 is 11.8 Å². The Balaban J connectivity index is 2.27. The Morgan fingerprint density at radius 3 is 3.00 bits per heavy atom. The Morgan fingerprint density at radius 2 is 2.33 bits per heavy atom. The van der Waals surface area contributed by atoms with E-state index in [4.69, 9.17) is 0 Å². The third-order valence-corrected chi connectivity index (χ3v) is 2.90. The van der Waals surface area contributed by atoms with Gasteiger partial charge in [-0.1, -0.05) is 0 Å². The van der Waals surface area contributed by atoms with Crippen molar-refractivity contribution in [2.24, 2.45) is 0 Å². The van der Waals surface area contributed by atoms with Gasteiger partial charge in [-0.05, 0) is 13.8 Å². The number of ether oxygens (including phenoxy) is 1. The van der Waals surface area contributed by atoms with Crippen LogP contribution in [-0.4, -0.2) is 48.7 Å². The van der Waals surface area contributed by atoms with Gasteiger partial charge in [0.25, 0.3) is 0 Å². The summed E-state index contributed by atoms with van der Waals surface area (Å²) in [5, 5.41) is 3.37. The van der Waals surface area contributed by atoms with E-state index in [1.54, 1.807) is 0 Å². The maximum atomic E-state index is 11.5. The fraction of sp³-hybridized carbons (Fsp3) is 0.583. The summed E-state index contributed by atoms with van der Waals surface area (Å²) in [4.78, 5) is 22.0. The molecule has 0 unspecified atom stereocenters. The zero-order valence-corrected chi connectivity index (χ0v) is 10.9. The highest BCUT2D eigenvalue weighted by atomic mass is 16.5. The average Bonchev–Trinajstić information content (AvgIpc) is 2.37. The van der Waals surface area contributed by atoms with Crippen molar-refractivity contribution < 1.29 is 9.53 Å². The molecular weight excluding hydrogens is 232 g/mol. The van der Waals surface area contributed by atoms with Crippen LogP contribution in [0.1, 0.15) is 23.2 Å². The lowest BCUT2D eigenvalue weighted by Crippen LogP contribution is -2.49. The van der Waals surface area contributed by atoms with Gasteiger partial charge in [-0.25, -0.2) is 14.8 Å². The first-order valence-electron chi connectivity index (χ1n) is 6.02. The average molecular weight is 250 g/mol. The normalized spacial score (nSPS) is 19.7. The molecule has 18 heavy (non-hydrogen) atoms. The molecule has 6 nitrogen and oxygen atoms in total. The molecule has 0 radical (unpaired) electrons. The van der Waals surface area contributed by atoms with E-state index in [0.717, 1.165) is 31.1 Å². The molecule has 1 aliphatic rings. The number of piperazine rings is 1. The number of aryl methyl sites for hydroxylation is 1. The summed E-state index contributed by atoms with van der Waals surface area (Å²) in [6.07, 6.45) is 0. The molecule has 0 bridgehead atoms. The summed E-state index contributed by atoms with van der Waals surface area (Å²) in [7, 11) is 1.33. The molecule has 1 N–H and O–H groups in total. The molecule has 1 aliphatic heterocycles. The minimum atomic E-state index is -0.497. The van der Waals surface area contributed by atoms with Crippen LogP contribution in [0, 0.1) is 6.92 Å².